The highest BCUT2D eigenvalue weighted by atomic mass is 32.2. The quantitative estimate of drug-likeness (QED) is 0.547. The normalized spacial score (nSPS) is 11.4. The number of nitrogens with one attached hydrogen (secondary N) is 2. The van der Waals surface area contributed by atoms with Crippen molar-refractivity contribution in [3.8, 4) is 5.69 Å². The summed E-state index contributed by atoms with van der Waals surface area (Å²) < 4.78 is 28.1. The smallest absolute Gasteiger partial charge is 0.243 e. The molecule has 1 heterocycles. The second-order valence-corrected chi connectivity index (χ2v) is 8.43. The van der Waals surface area contributed by atoms with Crippen LogP contribution in [0.1, 0.15) is 13.8 Å². The first-order valence-corrected chi connectivity index (χ1v) is 11.1. The SMILES string of the molecule is CCN(CC)S(=O)(=O)c1ccc(NC(=O)CNc2ccn(-c3ccccc3)n2)cc1. The molecule has 0 saturated heterocycles. The molecule has 0 fully saturated rings. The minimum absolute atomic E-state index is 0.0330. The van der Waals surface area contributed by atoms with Gasteiger partial charge in [-0.15, -0.1) is 0 Å². The molecule has 1 amide bonds. The van der Waals surface area contributed by atoms with E-state index in [0.29, 0.717) is 24.6 Å². The third kappa shape index (κ3) is 5.05. The van der Waals surface area contributed by atoms with Crippen LogP contribution in [-0.2, 0) is 14.8 Å². The molecule has 0 spiro atoms. The molecule has 3 aromatic rings. The average molecular weight is 428 g/mol. The number of rotatable bonds is 9. The van der Waals surface area contributed by atoms with E-state index in [1.807, 2.05) is 36.5 Å². The molecule has 2 N–H and O–H groups in total. The lowest BCUT2D eigenvalue weighted by molar-refractivity contribution is -0.114. The van der Waals surface area contributed by atoms with E-state index in [0.717, 1.165) is 5.69 Å². The van der Waals surface area contributed by atoms with Crippen LogP contribution in [0.3, 0.4) is 0 Å². The van der Waals surface area contributed by atoms with E-state index in [4.69, 9.17) is 0 Å². The van der Waals surface area contributed by atoms with Crippen molar-refractivity contribution in [3.63, 3.8) is 0 Å². The van der Waals surface area contributed by atoms with E-state index in [-0.39, 0.29) is 17.3 Å². The number of carbonyl (C=O) groups excluding carboxylic acids is 1. The summed E-state index contributed by atoms with van der Waals surface area (Å²) >= 11 is 0. The molecule has 2 aromatic carbocycles. The molecule has 8 nitrogen and oxygen atoms in total. The Morgan fingerprint density at radius 3 is 2.30 bits per heavy atom. The number of sulfonamides is 1. The Hall–Kier alpha value is -3.17. The van der Waals surface area contributed by atoms with Crippen LogP contribution >= 0.6 is 0 Å². The monoisotopic (exact) mass is 427 g/mol. The van der Waals surface area contributed by atoms with E-state index >= 15 is 0 Å². The van der Waals surface area contributed by atoms with Crippen LogP contribution in [-0.4, -0.2) is 48.0 Å². The number of hydrogen-bond acceptors (Lipinski definition) is 5. The molecule has 0 aliphatic carbocycles. The van der Waals surface area contributed by atoms with Crippen molar-refractivity contribution in [2.75, 3.05) is 30.3 Å². The molecule has 30 heavy (non-hydrogen) atoms. The molecule has 1 aromatic heterocycles. The number of anilines is 2. The van der Waals surface area contributed by atoms with E-state index in [9.17, 15) is 13.2 Å². The number of amides is 1. The maximum atomic E-state index is 12.5. The lowest BCUT2D eigenvalue weighted by Gasteiger charge is -2.18. The number of hydrogen-bond donors (Lipinski definition) is 2. The van der Waals surface area contributed by atoms with Crippen LogP contribution in [0.2, 0.25) is 0 Å². The second kappa shape index (κ2) is 9.55. The lowest BCUT2D eigenvalue weighted by atomic mass is 10.3. The molecular formula is C21H25N5O3S. The summed E-state index contributed by atoms with van der Waals surface area (Å²) in [6, 6.07) is 17.6. The molecule has 0 aliphatic heterocycles. The molecule has 3 rings (SSSR count). The summed E-state index contributed by atoms with van der Waals surface area (Å²) in [6.45, 7) is 4.44. The summed E-state index contributed by atoms with van der Waals surface area (Å²) in [5.74, 6) is 0.318. The summed E-state index contributed by atoms with van der Waals surface area (Å²) in [6.07, 6.45) is 1.81. The molecule has 9 heteroatoms. The zero-order valence-electron chi connectivity index (χ0n) is 16.9. The van der Waals surface area contributed by atoms with Crippen LogP contribution in [0.15, 0.2) is 71.8 Å². The van der Waals surface area contributed by atoms with E-state index < -0.39 is 10.0 Å². The maximum Gasteiger partial charge on any atom is 0.243 e. The van der Waals surface area contributed by atoms with Crippen molar-refractivity contribution in [2.24, 2.45) is 0 Å². The molecule has 0 aliphatic rings. The van der Waals surface area contributed by atoms with Gasteiger partial charge in [0.2, 0.25) is 15.9 Å². The number of nitrogens with zero attached hydrogens (tertiary/aromatic N) is 3. The number of carbonyl (C=O) groups is 1. The molecule has 0 bridgehead atoms. The van der Waals surface area contributed by atoms with Gasteiger partial charge in [0, 0.05) is 31.0 Å². The second-order valence-electron chi connectivity index (χ2n) is 6.50. The zero-order valence-corrected chi connectivity index (χ0v) is 17.8. The third-order valence-corrected chi connectivity index (χ3v) is 6.59. The van der Waals surface area contributed by atoms with Crippen LogP contribution in [0.25, 0.3) is 5.69 Å². The summed E-state index contributed by atoms with van der Waals surface area (Å²) in [4.78, 5) is 12.4. The van der Waals surface area contributed by atoms with Gasteiger partial charge in [0.05, 0.1) is 17.1 Å². The first-order valence-electron chi connectivity index (χ1n) is 9.69. The Balaban J connectivity index is 1.56. The van der Waals surface area contributed by atoms with Crippen LogP contribution in [0.5, 0.6) is 0 Å². The van der Waals surface area contributed by atoms with Gasteiger partial charge in [0.1, 0.15) is 5.82 Å². The van der Waals surface area contributed by atoms with Crippen molar-refractivity contribution in [1.29, 1.82) is 0 Å². The Morgan fingerprint density at radius 1 is 1.00 bits per heavy atom. The zero-order chi connectivity index (χ0) is 21.6. The van der Waals surface area contributed by atoms with E-state index in [1.54, 1.807) is 36.7 Å². The van der Waals surface area contributed by atoms with Gasteiger partial charge in [-0.1, -0.05) is 32.0 Å². The lowest BCUT2D eigenvalue weighted by Crippen LogP contribution is -2.30. The maximum absolute atomic E-state index is 12.5. The predicted octanol–water partition coefficient (Wildman–Crippen LogP) is 2.95. The topological polar surface area (TPSA) is 96.3 Å². The summed E-state index contributed by atoms with van der Waals surface area (Å²) in [5.41, 5.74) is 1.45. The Bertz CT molecular complexity index is 1080. The fraction of sp³-hybridized carbons (Fsp3) is 0.238. The highest BCUT2D eigenvalue weighted by Crippen LogP contribution is 2.18. The standard InChI is InChI=1S/C21H25N5O3S/c1-3-25(4-2)30(28,29)19-12-10-17(11-13-19)23-21(27)16-22-20-14-15-26(24-20)18-8-6-5-7-9-18/h5-15H,3-4,16H2,1-2H3,(H,22,24)(H,23,27). The van der Waals surface area contributed by atoms with Crippen LogP contribution in [0.4, 0.5) is 11.5 Å². The van der Waals surface area contributed by atoms with Crippen LogP contribution in [0, 0.1) is 0 Å². The van der Waals surface area contributed by atoms with Gasteiger partial charge in [-0.05, 0) is 36.4 Å². The van der Waals surface area contributed by atoms with Crippen molar-refractivity contribution < 1.29 is 13.2 Å². The molecular weight excluding hydrogens is 402 g/mol. The Labute approximate surface area is 176 Å². The molecule has 0 atom stereocenters. The Morgan fingerprint density at radius 2 is 1.67 bits per heavy atom. The van der Waals surface area contributed by atoms with Gasteiger partial charge < -0.3 is 10.6 Å². The van der Waals surface area contributed by atoms with Gasteiger partial charge in [-0.3, -0.25) is 4.79 Å². The molecule has 0 saturated carbocycles. The molecule has 0 unspecified atom stereocenters. The van der Waals surface area contributed by atoms with Crippen molar-refractivity contribution >= 4 is 27.4 Å². The fourth-order valence-corrected chi connectivity index (χ4v) is 4.40. The number of benzene rings is 2. The molecule has 0 radical (unpaired) electrons. The number of aromatic nitrogens is 2. The van der Waals surface area contributed by atoms with E-state index in [2.05, 4.69) is 15.7 Å². The van der Waals surface area contributed by atoms with Crippen molar-refractivity contribution in [1.82, 2.24) is 14.1 Å². The van der Waals surface area contributed by atoms with Crippen molar-refractivity contribution in [3.05, 3.63) is 66.9 Å². The highest BCUT2D eigenvalue weighted by Gasteiger charge is 2.21. The van der Waals surface area contributed by atoms with Gasteiger partial charge >= 0.3 is 0 Å². The minimum Gasteiger partial charge on any atom is -0.360 e. The first kappa shape index (κ1) is 21.5. The van der Waals surface area contributed by atoms with Gasteiger partial charge in [-0.2, -0.15) is 9.40 Å². The van der Waals surface area contributed by atoms with Gasteiger partial charge in [0.15, 0.2) is 0 Å². The van der Waals surface area contributed by atoms with E-state index in [1.165, 1.54) is 16.4 Å². The fourth-order valence-electron chi connectivity index (χ4n) is 2.94. The molecule has 158 valence electrons. The van der Waals surface area contributed by atoms with Gasteiger partial charge in [0.25, 0.3) is 0 Å². The number of para-hydroxylation sites is 1. The minimum atomic E-state index is -3.52. The summed E-state index contributed by atoms with van der Waals surface area (Å²) in [5, 5.41) is 10.1. The van der Waals surface area contributed by atoms with Crippen LogP contribution < -0.4 is 10.6 Å². The summed E-state index contributed by atoms with van der Waals surface area (Å²) in [7, 11) is -3.52. The first-order chi connectivity index (χ1) is 14.4. The predicted molar refractivity (Wildman–Crippen MR) is 117 cm³/mol. The Kier molecular flexibility index (Phi) is 6.86. The third-order valence-electron chi connectivity index (χ3n) is 4.52. The largest absolute Gasteiger partial charge is 0.360 e. The van der Waals surface area contributed by atoms with Gasteiger partial charge in [-0.25, -0.2) is 13.1 Å². The van der Waals surface area contributed by atoms with Crippen molar-refractivity contribution in [2.45, 2.75) is 18.7 Å². The highest BCUT2D eigenvalue weighted by molar-refractivity contribution is 7.89. The average Bonchev–Trinajstić information content (AvgIpc) is 3.23.